The van der Waals surface area contributed by atoms with Crippen molar-refractivity contribution >= 4 is 34.8 Å². The van der Waals surface area contributed by atoms with Crippen LogP contribution in [-0.4, -0.2) is 10.9 Å². The number of hydrogen-bond acceptors (Lipinski definition) is 2. The number of nitrogens with one attached hydrogen (secondary N) is 1. The molecule has 0 radical (unpaired) electrons. The van der Waals surface area contributed by atoms with Crippen LogP contribution in [-0.2, 0) is 0 Å². The van der Waals surface area contributed by atoms with E-state index < -0.39 is 11.7 Å². The number of amides is 1. The lowest BCUT2D eigenvalue weighted by molar-refractivity contribution is 0.102. The third-order valence-corrected chi connectivity index (χ3v) is 2.72. The Hall–Kier alpha value is -1.65. The number of hydrogen-bond donors (Lipinski definition) is 1. The van der Waals surface area contributed by atoms with Crippen molar-refractivity contribution in [1.82, 2.24) is 4.98 Å². The highest BCUT2D eigenvalue weighted by Gasteiger charge is 2.13. The average molecular weight is 285 g/mol. The number of aromatic nitrogens is 1. The Morgan fingerprint density at radius 1 is 1.28 bits per heavy atom. The molecule has 0 unspecified atom stereocenters. The van der Waals surface area contributed by atoms with Gasteiger partial charge in [0.25, 0.3) is 5.91 Å². The van der Waals surface area contributed by atoms with Crippen molar-refractivity contribution in [2.45, 2.75) is 0 Å². The zero-order valence-corrected chi connectivity index (χ0v) is 10.5. The van der Waals surface area contributed by atoms with Crippen molar-refractivity contribution in [2.75, 3.05) is 5.32 Å². The number of carbonyl (C=O) groups is 1. The van der Waals surface area contributed by atoms with E-state index in [0.717, 1.165) is 6.07 Å². The summed E-state index contributed by atoms with van der Waals surface area (Å²) < 4.78 is 13.5. The van der Waals surface area contributed by atoms with Gasteiger partial charge in [0.05, 0.1) is 11.3 Å². The highest BCUT2D eigenvalue weighted by molar-refractivity contribution is 6.33. The zero-order valence-electron chi connectivity index (χ0n) is 8.95. The Kier molecular flexibility index (Phi) is 3.79. The second kappa shape index (κ2) is 5.33. The molecule has 2 aromatic rings. The highest BCUT2D eigenvalue weighted by Crippen LogP contribution is 2.20. The number of anilines is 1. The summed E-state index contributed by atoms with van der Waals surface area (Å²) >= 11 is 11.4. The minimum absolute atomic E-state index is 0.0318. The van der Waals surface area contributed by atoms with Crippen molar-refractivity contribution in [3.05, 3.63) is 58.1 Å². The van der Waals surface area contributed by atoms with Crippen LogP contribution in [0, 0.1) is 5.82 Å². The number of halogens is 3. The Morgan fingerprint density at radius 3 is 2.72 bits per heavy atom. The first kappa shape index (κ1) is 12.8. The fourth-order valence-corrected chi connectivity index (χ4v) is 1.70. The van der Waals surface area contributed by atoms with Gasteiger partial charge in [-0.25, -0.2) is 9.37 Å². The molecule has 0 atom stereocenters. The Bertz CT molecular complexity index is 604. The molecule has 92 valence electrons. The molecule has 0 aliphatic carbocycles. The van der Waals surface area contributed by atoms with Crippen molar-refractivity contribution in [2.24, 2.45) is 0 Å². The minimum atomic E-state index is -0.615. The lowest BCUT2D eigenvalue weighted by Gasteiger charge is -2.07. The van der Waals surface area contributed by atoms with E-state index in [9.17, 15) is 9.18 Å². The second-order valence-corrected chi connectivity index (χ2v) is 4.21. The van der Waals surface area contributed by atoms with Gasteiger partial charge >= 0.3 is 0 Å². The van der Waals surface area contributed by atoms with Gasteiger partial charge in [-0.2, -0.15) is 0 Å². The summed E-state index contributed by atoms with van der Waals surface area (Å²) in [5, 5.41) is 2.71. The minimum Gasteiger partial charge on any atom is -0.319 e. The molecule has 1 amide bonds. The summed E-state index contributed by atoms with van der Waals surface area (Å²) in [5.74, 6) is -1.15. The Labute approximate surface area is 113 Å². The van der Waals surface area contributed by atoms with Crippen LogP contribution < -0.4 is 5.32 Å². The van der Waals surface area contributed by atoms with Crippen LogP contribution in [0.4, 0.5) is 10.1 Å². The maximum absolute atomic E-state index is 13.5. The normalized spacial score (nSPS) is 10.2. The third-order valence-electron chi connectivity index (χ3n) is 2.18. The van der Waals surface area contributed by atoms with Gasteiger partial charge in [0.15, 0.2) is 0 Å². The standard InChI is InChI=1S/C12H7Cl2FN2O/c13-7-3-4-10(9(15)6-7)17-12(18)8-2-1-5-16-11(8)14/h1-6H,(H,17,18). The molecule has 3 nitrogen and oxygen atoms in total. The third kappa shape index (κ3) is 2.78. The molecule has 18 heavy (non-hydrogen) atoms. The Balaban J connectivity index is 2.24. The van der Waals surface area contributed by atoms with Crippen LogP contribution in [0.2, 0.25) is 10.2 Å². The van der Waals surface area contributed by atoms with E-state index in [1.165, 1.54) is 24.4 Å². The highest BCUT2D eigenvalue weighted by atomic mass is 35.5. The van der Waals surface area contributed by atoms with E-state index in [1.54, 1.807) is 6.07 Å². The smallest absolute Gasteiger partial charge is 0.258 e. The van der Waals surface area contributed by atoms with Crippen molar-refractivity contribution < 1.29 is 9.18 Å². The SMILES string of the molecule is O=C(Nc1ccc(Cl)cc1F)c1cccnc1Cl. The van der Waals surface area contributed by atoms with E-state index in [4.69, 9.17) is 23.2 Å². The van der Waals surface area contributed by atoms with Gasteiger partial charge in [-0.3, -0.25) is 4.79 Å². The van der Waals surface area contributed by atoms with E-state index in [0.29, 0.717) is 0 Å². The number of benzene rings is 1. The fraction of sp³-hybridized carbons (Fsp3) is 0. The molecule has 0 saturated carbocycles. The van der Waals surface area contributed by atoms with Crippen LogP contribution in [0.15, 0.2) is 36.5 Å². The molecule has 0 fully saturated rings. The lowest BCUT2D eigenvalue weighted by atomic mass is 10.2. The first-order chi connectivity index (χ1) is 8.58. The van der Waals surface area contributed by atoms with Gasteiger partial charge in [-0.1, -0.05) is 23.2 Å². The van der Waals surface area contributed by atoms with E-state index in [-0.39, 0.29) is 21.4 Å². The van der Waals surface area contributed by atoms with Crippen LogP contribution in [0.25, 0.3) is 0 Å². The molecule has 6 heteroatoms. The lowest BCUT2D eigenvalue weighted by Crippen LogP contribution is -2.13. The van der Waals surface area contributed by atoms with Crippen molar-refractivity contribution in [1.29, 1.82) is 0 Å². The Morgan fingerprint density at radius 2 is 2.06 bits per heavy atom. The summed E-state index contributed by atoms with van der Waals surface area (Å²) in [6.45, 7) is 0. The van der Waals surface area contributed by atoms with Gasteiger partial charge in [-0.15, -0.1) is 0 Å². The fourth-order valence-electron chi connectivity index (χ4n) is 1.34. The van der Waals surface area contributed by atoms with E-state index in [2.05, 4.69) is 10.3 Å². The monoisotopic (exact) mass is 284 g/mol. The number of pyridine rings is 1. The number of nitrogens with zero attached hydrogens (tertiary/aromatic N) is 1. The predicted octanol–water partition coefficient (Wildman–Crippen LogP) is 3.78. The van der Waals surface area contributed by atoms with E-state index in [1.807, 2.05) is 0 Å². The number of carbonyl (C=O) groups excluding carboxylic acids is 1. The summed E-state index contributed by atoms with van der Waals surface area (Å²) in [5.41, 5.74) is 0.206. The molecule has 2 rings (SSSR count). The maximum Gasteiger partial charge on any atom is 0.258 e. The zero-order chi connectivity index (χ0) is 13.1. The second-order valence-electron chi connectivity index (χ2n) is 3.42. The molecule has 1 aromatic heterocycles. The summed E-state index contributed by atoms with van der Waals surface area (Å²) in [6.07, 6.45) is 1.46. The molecular formula is C12H7Cl2FN2O. The van der Waals surface area contributed by atoms with E-state index >= 15 is 0 Å². The van der Waals surface area contributed by atoms with Crippen LogP contribution in [0.1, 0.15) is 10.4 Å². The molecule has 0 bridgehead atoms. The molecule has 1 aromatic carbocycles. The van der Waals surface area contributed by atoms with Crippen molar-refractivity contribution in [3.8, 4) is 0 Å². The van der Waals surface area contributed by atoms with Gasteiger partial charge in [-0.05, 0) is 30.3 Å². The summed E-state index contributed by atoms with van der Waals surface area (Å²) in [7, 11) is 0. The summed E-state index contributed by atoms with van der Waals surface area (Å²) in [4.78, 5) is 15.6. The number of rotatable bonds is 2. The molecule has 1 N–H and O–H groups in total. The molecular weight excluding hydrogens is 278 g/mol. The summed E-state index contributed by atoms with van der Waals surface area (Å²) in [6, 6.07) is 7.03. The molecule has 0 aliphatic rings. The molecule has 0 spiro atoms. The molecule has 0 aliphatic heterocycles. The predicted molar refractivity (Wildman–Crippen MR) is 68.6 cm³/mol. The molecule has 1 heterocycles. The van der Waals surface area contributed by atoms with Gasteiger partial charge < -0.3 is 5.32 Å². The van der Waals surface area contributed by atoms with Gasteiger partial charge in [0.1, 0.15) is 11.0 Å². The van der Waals surface area contributed by atoms with Crippen molar-refractivity contribution in [3.63, 3.8) is 0 Å². The van der Waals surface area contributed by atoms with Crippen LogP contribution in [0.5, 0.6) is 0 Å². The topological polar surface area (TPSA) is 42.0 Å². The molecule has 0 saturated heterocycles. The van der Waals surface area contributed by atoms with Gasteiger partial charge in [0.2, 0.25) is 0 Å². The van der Waals surface area contributed by atoms with Gasteiger partial charge in [0, 0.05) is 11.2 Å². The first-order valence-corrected chi connectivity index (χ1v) is 5.70. The van der Waals surface area contributed by atoms with Crippen LogP contribution in [0.3, 0.4) is 0 Å². The quantitative estimate of drug-likeness (QED) is 0.853. The maximum atomic E-state index is 13.5. The largest absolute Gasteiger partial charge is 0.319 e. The first-order valence-electron chi connectivity index (χ1n) is 4.95. The average Bonchev–Trinajstić information content (AvgIpc) is 2.33. The van der Waals surface area contributed by atoms with Crippen LogP contribution >= 0.6 is 23.2 Å².